The lowest BCUT2D eigenvalue weighted by Crippen LogP contribution is -2.34. The van der Waals surface area contributed by atoms with E-state index in [1.165, 1.54) is 38.5 Å². The van der Waals surface area contributed by atoms with Gasteiger partial charge < -0.3 is 9.80 Å². The third kappa shape index (κ3) is 2.96. The SMILES string of the molecule is Cc1nc(N2CCCCC2)nc(N2CCCCC2)n1. The molecule has 1 aromatic rings. The Balaban J connectivity index is 1.82. The van der Waals surface area contributed by atoms with Gasteiger partial charge in [-0.3, -0.25) is 0 Å². The van der Waals surface area contributed by atoms with E-state index in [2.05, 4.69) is 19.8 Å². The zero-order valence-electron chi connectivity index (χ0n) is 11.8. The summed E-state index contributed by atoms with van der Waals surface area (Å²) in [6, 6.07) is 0. The summed E-state index contributed by atoms with van der Waals surface area (Å²) in [5.74, 6) is 2.61. The van der Waals surface area contributed by atoms with Gasteiger partial charge in [-0.15, -0.1) is 0 Å². The average molecular weight is 261 g/mol. The molecule has 0 spiro atoms. The molecule has 0 aliphatic carbocycles. The van der Waals surface area contributed by atoms with Gasteiger partial charge in [0.25, 0.3) is 0 Å². The van der Waals surface area contributed by atoms with Crippen LogP contribution in [0.5, 0.6) is 0 Å². The second kappa shape index (κ2) is 5.72. The van der Waals surface area contributed by atoms with E-state index in [1.54, 1.807) is 0 Å². The molecule has 5 nitrogen and oxygen atoms in total. The molecular weight excluding hydrogens is 238 g/mol. The second-order valence-corrected chi connectivity index (χ2v) is 5.58. The molecule has 0 radical (unpaired) electrons. The van der Waals surface area contributed by atoms with Crippen LogP contribution in [0, 0.1) is 6.92 Å². The van der Waals surface area contributed by atoms with Crippen molar-refractivity contribution >= 4 is 11.9 Å². The Morgan fingerprint density at radius 2 is 1.05 bits per heavy atom. The lowest BCUT2D eigenvalue weighted by Gasteiger charge is -2.30. The van der Waals surface area contributed by atoms with Crippen LogP contribution < -0.4 is 9.80 Å². The number of aryl methyl sites for hydroxylation is 1. The molecule has 0 atom stereocenters. The van der Waals surface area contributed by atoms with E-state index in [1.807, 2.05) is 6.92 Å². The Morgan fingerprint density at radius 3 is 1.47 bits per heavy atom. The maximum atomic E-state index is 4.71. The van der Waals surface area contributed by atoms with Crippen LogP contribution in [0.3, 0.4) is 0 Å². The molecule has 3 rings (SSSR count). The van der Waals surface area contributed by atoms with E-state index in [-0.39, 0.29) is 0 Å². The molecule has 0 bridgehead atoms. The summed E-state index contributed by atoms with van der Waals surface area (Å²) in [5.41, 5.74) is 0. The van der Waals surface area contributed by atoms with Crippen LogP contribution in [0.15, 0.2) is 0 Å². The van der Waals surface area contributed by atoms with Gasteiger partial charge >= 0.3 is 0 Å². The van der Waals surface area contributed by atoms with Crippen molar-refractivity contribution in [2.75, 3.05) is 36.0 Å². The van der Waals surface area contributed by atoms with Gasteiger partial charge in [0.05, 0.1) is 0 Å². The van der Waals surface area contributed by atoms with Crippen molar-refractivity contribution in [2.45, 2.75) is 45.4 Å². The van der Waals surface area contributed by atoms with Crippen LogP contribution in [0.2, 0.25) is 0 Å². The van der Waals surface area contributed by atoms with Gasteiger partial charge in [0.15, 0.2) is 0 Å². The minimum Gasteiger partial charge on any atom is -0.341 e. The van der Waals surface area contributed by atoms with Crippen molar-refractivity contribution in [3.05, 3.63) is 5.82 Å². The molecule has 0 N–H and O–H groups in total. The second-order valence-electron chi connectivity index (χ2n) is 5.58. The first kappa shape index (κ1) is 12.6. The van der Waals surface area contributed by atoms with Crippen LogP contribution in [-0.4, -0.2) is 41.1 Å². The Labute approximate surface area is 115 Å². The summed E-state index contributed by atoms with van der Waals surface area (Å²) < 4.78 is 0. The Bertz CT molecular complexity index is 386. The molecule has 0 unspecified atom stereocenters. The summed E-state index contributed by atoms with van der Waals surface area (Å²) >= 11 is 0. The van der Waals surface area contributed by atoms with E-state index >= 15 is 0 Å². The third-order valence-corrected chi connectivity index (χ3v) is 4.00. The van der Waals surface area contributed by atoms with Gasteiger partial charge in [-0.25, -0.2) is 0 Å². The van der Waals surface area contributed by atoms with E-state index < -0.39 is 0 Å². The smallest absolute Gasteiger partial charge is 0.230 e. The van der Waals surface area contributed by atoms with Gasteiger partial charge in [0.2, 0.25) is 11.9 Å². The standard InChI is InChI=1S/C14H23N5/c1-12-15-13(18-8-4-2-5-9-18)17-14(16-12)19-10-6-3-7-11-19/h2-11H2,1H3. The lowest BCUT2D eigenvalue weighted by atomic mass is 10.1. The highest BCUT2D eigenvalue weighted by molar-refractivity contribution is 5.39. The van der Waals surface area contributed by atoms with Crippen LogP contribution >= 0.6 is 0 Å². The number of rotatable bonds is 2. The van der Waals surface area contributed by atoms with Crippen molar-refractivity contribution in [1.29, 1.82) is 0 Å². The highest BCUT2D eigenvalue weighted by Crippen LogP contribution is 2.20. The molecule has 2 aliphatic heterocycles. The van der Waals surface area contributed by atoms with Crippen molar-refractivity contribution < 1.29 is 0 Å². The van der Waals surface area contributed by atoms with Gasteiger partial charge in [-0.05, 0) is 45.4 Å². The Kier molecular flexibility index (Phi) is 3.80. The fourth-order valence-electron chi connectivity index (χ4n) is 2.92. The molecule has 0 amide bonds. The van der Waals surface area contributed by atoms with Gasteiger partial charge in [0.1, 0.15) is 5.82 Å². The van der Waals surface area contributed by atoms with Crippen LogP contribution in [0.25, 0.3) is 0 Å². The number of hydrogen-bond donors (Lipinski definition) is 0. The maximum absolute atomic E-state index is 4.71. The summed E-state index contributed by atoms with van der Waals surface area (Å²) in [6.07, 6.45) is 7.68. The Hall–Kier alpha value is -1.39. The summed E-state index contributed by atoms with van der Waals surface area (Å²) in [6.45, 7) is 6.32. The molecule has 2 saturated heterocycles. The first-order chi connectivity index (χ1) is 9.33. The predicted octanol–water partition coefficient (Wildman–Crippen LogP) is 2.16. The molecule has 2 aliphatic rings. The predicted molar refractivity (Wildman–Crippen MR) is 76.7 cm³/mol. The first-order valence-electron chi connectivity index (χ1n) is 7.55. The minimum atomic E-state index is 0.844. The number of piperidine rings is 2. The Morgan fingerprint density at radius 1 is 0.632 bits per heavy atom. The monoisotopic (exact) mass is 261 g/mol. The van der Waals surface area contributed by atoms with Gasteiger partial charge in [0, 0.05) is 26.2 Å². The van der Waals surface area contributed by atoms with E-state index in [0.717, 1.165) is 43.9 Å². The minimum absolute atomic E-state index is 0.844. The maximum Gasteiger partial charge on any atom is 0.230 e. The molecular formula is C14H23N5. The summed E-state index contributed by atoms with van der Waals surface area (Å²) in [7, 11) is 0. The van der Waals surface area contributed by atoms with Crippen molar-refractivity contribution in [1.82, 2.24) is 15.0 Å². The topological polar surface area (TPSA) is 45.2 Å². The van der Waals surface area contributed by atoms with Gasteiger partial charge in [-0.1, -0.05) is 0 Å². The lowest BCUT2D eigenvalue weighted by molar-refractivity contribution is 0.554. The zero-order chi connectivity index (χ0) is 13.1. The van der Waals surface area contributed by atoms with Crippen molar-refractivity contribution in [2.24, 2.45) is 0 Å². The van der Waals surface area contributed by atoms with Crippen molar-refractivity contribution in [3.8, 4) is 0 Å². The molecule has 3 heterocycles. The van der Waals surface area contributed by atoms with Gasteiger partial charge in [-0.2, -0.15) is 15.0 Å². The average Bonchev–Trinajstić information content (AvgIpc) is 2.48. The number of nitrogens with zero attached hydrogens (tertiary/aromatic N) is 5. The molecule has 1 aromatic heterocycles. The van der Waals surface area contributed by atoms with E-state index in [0.29, 0.717) is 0 Å². The number of hydrogen-bond acceptors (Lipinski definition) is 5. The van der Waals surface area contributed by atoms with Crippen LogP contribution in [0.4, 0.5) is 11.9 Å². The van der Waals surface area contributed by atoms with Crippen LogP contribution in [0.1, 0.15) is 44.3 Å². The normalized spacial score (nSPS) is 20.7. The molecule has 5 heteroatoms. The number of aromatic nitrogens is 3. The molecule has 0 saturated carbocycles. The fourth-order valence-corrected chi connectivity index (χ4v) is 2.92. The first-order valence-corrected chi connectivity index (χ1v) is 7.55. The highest BCUT2D eigenvalue weighted by atomic mass is 15.3. The molecule has 19 heavy (non-hydrogen) atoms. The van der Waals surface area contributed by atoms with Crippen LogP contribution in [-0.2, 0) is 0 Å². The molecule has 2 fully saturated rings. The molecule has 0 aromatic carbocycles. The summed E-state index contributed by atoms with van der Waals surface area (Å²) in [5, 5.41) is 0. The van der Waals surface area contributed by atoms with E-state index in [9.17, 15) is 0 Å². The van der Waals surface area contributed by atoms with E-state index in [4.69, 9.17) is 4.98 Å². The van der Waals surface area contributed by atoms with Crippen molar-refractivity contribution in [3.63, 3.8) is 0 Å². The summed E-state index contributed by atoms with van der Waals surface area (Å²) in [4.78, 5) is 18.4. The highest BCUT2D eigenvalue weighted by Gasteiger charge is 2.19. The quantitative estimate of drug-likeness (QED) is 0.816. The third-order valence-electron chi connectivity index (χ3n) is 4.00. The number of anilines is 2. The zero-order valence-corrected chi connectivity index (χ0v) is 11.8. The fraction of sp³-hybridized carbons (Fsp3) is 0.786. The largest absolute Gasteiger partial charge is 0.341 e. The molecule has 104 valence electrons.